The van der Waals surface area contributed by atoms with Crippen molar-refractivity contribution >= 4 is 45.8 Å². The number of halogens is 1. The first kappa shape index (κ1) is 16.3. The van der Waals surface area contributed by atoms with Gasteiger partial charge in [0.15, 0.2) is 0 Å². The molecule has 1 unspecified atom stereocenters. The van der Waals surface area contributed by atoms with Crippen LogP contribution in [0.4, 0.5) is 0 Å². The van der Waals surface area contributed by atoms with Crippen molar-refractivity contribution in [3.05, 3.63) is 64.7 Å². The van der Waals surface area contributed by atoms with Crippen LogP contribution in [0.5, 0.6) is 5.75 Å². The molecule has 1 fully saturated rings. The third-order valence-electron chi connectivity index (χ3n) is 3.43. The topological polar surface area (TPSA) is 38.3 Å². The molecule has 23 heavy (non-hydrogen) atoms. The van der Waals surface area contributed by atoms with Gasteiger partial charge in [-0.15, -0.1) is 0 Å². The maximum absolute atomic E-state index is 11.9. The summed E-state index contributed by atoms with van der Waals surface area (Å²) in [5, 5.41) is 3.05. The van der Waals surface area contributed by atoms with Crippen molar-refractivity contribution in [1.82, 2.24) is 5.32 Å². The van der Waals surface area contributed by atoms with E-state index in [4.69, 9.17) is 28.6 Å². The van der Waals surface area contributed by atoms with E-state index in [1.165, 1.54) is 11.8 Å². The number of carbonyl (C=O) groups excluding carboxylic acids is 1. The molecular weight excluding hydrogens is 350 g/mol. The normalized spacial score (nSPS) is 17.2. The van der Waals surface area contributed by atoms with Crippen LogP contribution in [0.15, 0.2) is 48.5 Å². The third kappa shape index (κ3) is 4.25. The summed E-state index contributed by atoms with van der Waals surface area (Å²) in [6.45, 7) is 0.470. The summed E-state index contributed by atoms with van der Waals surface area (Å²) in [6.07, 6.45) is 0.529. The molecule has 3 nitrogen and oxygen atoms in total. The van der Waals surface area contributed by atoms with Gasteiger partial charge in [0.05, 0.1) is 5.25 Å². The van der Waals surface area contributed by atoms with Gasteiger partial charge in [-0.3, -0.25) is 4.79 Å². The Hall–Kier alpha value is -1.56. The average molecular weight is 364 g/mol. The first-order valence-corrected chi connectivity index (χ1v) is 8.75. The van der Waals surface area contributed by atoms with Gasteiger partial charge in [-0.1, -0.05) is 65.9 Å². The molecule has 2 aromatic carbocycles. The summed E-state index contributed by atoms with van der Waals surface area (Å²) < 4.78 is 6.44. The molecule has 0 bridgehead atoms. The van der Waals surface area contributed by atoms with E-state index in [9.17, 15) is 4.79 Å². The molecule has 0 saturated carbocycles. The van der Waals surface area contributed by atoms with Crippen LogP contribution in [0.3, 0.4) is 0 Å². The van der Waals surface area contributed by atoms with E-state index in [0.717, 1.165) is 16.9 Å². The van der Waals surface area contributed by atoms with Crippen LogP contribution < -0.4 is 10.1 Å². The minimum absolute atomic E-state index is 0.0611. The number of carbonyl (C=O) groups is 1. The number of ether oxygens (including phenoxy) is 1. The molecule has 0 spiro atoms. The molecule has 1 amide bonds. The number of hydrogen-bond acceptors (Lipinski definition) is 4. The van der Waals surface area contributed by atoms with Crippen LogP contribution in [-0.4, -0.2) is 15.5 Å². The highest BCUT2D eigenvalue weighted by molar-refractivity contribution is 8.24. The SMILES string of the molecule is O=C1NC(=S)SC1Cc1cc(Cl)ccc1OCc1ccccc1. The number of rotatable bonds is 5. The molecule has 1 aliphatic rings. The molecule has 1 N–H and O–H groups in total. The molecule has 0 radical (unpaired) electrons. The van der Waals surface area contributed by atoms with Crippen LogP contribution in [0.25, 0.3) is 0 Å². The molecule has 1 heterocycles. The molecule has 3 rings (SSSR count). The second kappa shape index (κ2) is 7.34. The largest absolute Gasteiger partial charge is 0.489 e. The second-order valence-corrected chi connectivity index (χ2v) is 7.43. The molecule has 2 aromatic rings. The Bertz CT molecular complexity index is 737. The molecule has 0 aromatic heterocycles. The van der Waals surface area contributed by atoms with E-state index in [0.29, 0.717) is 22.4 Å². The van der Waals surface area contributed by atoms with E-state index in [2.05, 4.69) is 5.32 Å². The number of nitrogens with one attached hydrogen (secondary N) is 1. The molecule has 6 heteroatoms. The number of thioether (sulfide) groups is 1. The summed E-state index contributed by atoms with van der Waals surface area (Å²) in [4.78, 5) is 11.9. The number of amides is 1. The van der Waals surface area contributed by atoms with Crippen molar-refractivity contribution in [1.29, 1.82) is 0 Å². The van der Waals surface area contributed by atoms with Crippen LogP contribution in [0.2, 0.25) is 5.02 Å². The molecule has 1 aliphatic heterocycles. The van der Waals surface area contributed by atoms with E-state index >= 15 is 0 Å². The fourth-order valence-corrected chi connectivity index (χ4v) is 3.80. The zero-order valence-corrected chi connectivity index (χ0v) is 14.5. The molecule has 0 aliphatic carbocycles. The third-order valence-corrected chi connectivity index (χ3v) is 5.04. The summed E-state index contributed by atoms with van der Waals surface area (Å²) in [5.41, 5.74) is 1.99. The summed E-state index contributed by atoms with van der Waals surface area (Å²) in [7, 11) is 0. The maximum Gasteiger partial charge on any atom is 0.239 e. The van der Waals surface area contributed by atoms with Gasteiger partial charge in [0, 0.05) is 5.02 Å². The van der Waals surface area contributed by atoms with E-state index in [-0.39, 0.29) is 11.2 Å². The highest BCUT2D eigenvalue weighted by Gasteiger charge is 2.30. The first-order valence-electron chi connectivity index (χ1n) is 7.08. The van der Waals surface area contributed by atoms with Crippen molar-refractivity contribution in [2.45, 2.75) is 18.3 Å². The highest BCUT2D eigenvalue weighted by atomic mass is 35.5. The smallest absolute Gasteiger partial charge is 0.239 e. The molecule has 1 atom stereocenters. The number of benzene rings is 2. The van der Waals surface area contributed by atoms with Crippen molar-refractivity contribution in [3.63, 3.8) is 0 Å². The summed E-state index contributed by atoms with van der Waals surface area (Å²) in [5.74, 6) is 0.679. The lowest BCUT2D eigenvalue weighted by Crippen LogP contribution is -2.25. The maximum atomic E-state index is 11.9. The standard InChI is InChI=1S/C17H14ClNO2S2/c18-13-6-7-14(21-10-11-4-2-1-3-5-11)12(8-13)9-15-16(20)19-17(22)23-15/h1-8,15H,9-10H2,(H,19,20,22). The second-order valence-electron chi connectivity index (χ2n) is 5.11. The lowest BCUT2D eigenvalue weighted by Gasteiger charge is -2.13. The fraction of sp³-hybridized carbons (Fsp3) is 0.176. The van der Waals surface area contributed by atoms with Gasteiger partial charge >= 0.3 is 0 Å². The molecule has 1 saturated heterocycles. The van der Waals surface area contributed by atoms with E-state index in [1.807, 2.05) is 42.5 Å². The lowest BCUT2D eigenvalue weighted by atomic mass is 10.1. The summed E-state index contributed by atoms with van der Waals surface area (Å²) >= 11 is 12.5. The van der Waals surface area contributed by atoms with Gasteiger partial charge in [-0.05, 0) is 35.7 Å². The highest BCUT2D eigenvalue weighted by Crippen LogP contribution is 2.30. The van der Waals surface area contributed by atoms with Gasteiger partial charge in [-0.25, -0.2) is 0 Å². The Kier molecular flexibility index (Phi) is 5.20. The van der Waals surface area contributed by atoms with Crippen molar-refractivity contribution in [2.75, 3.05) is 0 Å². The Morgan fingerprint density at radius 2 is 2.00 bits per heavy atom. The predicted octanol–water partition coefficient (Wildman–Crippen LogP) is 3.98. The zero-order chi connectivity index (χ0) is 16.2. The van der Waals surface area contributed by atoms with E-state index < -0.39 is 0 Å². The fourth-order valence-electron chi connectivity index (χ4n) is 2.31. The lowest BCUT2D eigenvalue weighted by molar-refractivity contribution is -0.118. The molecule has 118 valence electrons. The number of thiocarbonyl (C=S) groups is 1. The van der Waals surface area contributed by atoms with E-state index in [1.54, 1.807) is 6.07 Å². The van der Waals surface area contributed by atoms with Gasteiger partial charge in [0.2, 0.25) is 5.91 Å². The summed E-state index contributed by atoms with van der Waals surface area (Å²) in [6, 6.07) is 15.4. The van der Waals surface area contributed by atoms with Crippen molar-refractivity contribution in [3.8, 4) is 5.75 Å². The van der Waals surface area contributed by atoms with Crippen LogP contribution >= 0.6 is 35.6 Å². The van der Waals surface area contributed by atoms with Gasteiger partial charge in [-0.2, -0.15) is 0 Å². The Morgan fingerprint density at radius 3 is 2.70 bits per heavy atom. The van der Waals surface area contributed by atoms with Gasteiger partial charge in [0.25, 0.3) is 0 Å². The monoisotopic (exact) mass is 363 g/mol. The molecular formula is C17H14ClNO2S2. The zero-order valence-electron chi connectivity index (χ0n) is 12.1. The quantitative estimate of drug-likeness (QED) is 0.815. The minimum Gasteiger partial charge on any atom is -0.489 e. The van der Waals surface area contributed by atoms with Crippen LogP contribution in [0, 0.1) is 0 Å². The van der Waals surface area contributed by atoms with Gasteiger partial charge in [0.1, 0.15) is 16.7 Å². The first-order chi connectivity index (χ1) is 11.1. The Morgan fingerprint density at radius 1 is 1.22 bits per heavy atom. The Labute approximate surface area is 149 Å². The average Bonchev–Trinajstić information content (AvgIpc) is 2.85. The minimum atomic E-state index is -0.236. The van der Waals surface area contributed by atoms with Crippen LogP contribution in [0.1, 0.15) is 11.1 Å². The van der Waals surface area contributed by atoms with Crippen LogP contribution in [-0.2, 0) is 17.8 Å². The number of hydrogen-bond donors (Lipinski definition) is 1. The van der Waals surface area contributed by atoms with Gasteiger partial charge < -0.3 is 10.1 Å². The Balaban J connectivity index is 1.75. The van der Waals surface area contributed by atoms with Crippen molar-refractivity contribution in [2.24, 2.45) is 0 Å². The predicted molar refractivity (Wildman–Crippen MR) is 98.0 cm³/mol. The van der Waals surface area contributed by atoms with Crippen molar-refractivity contribution < 1.29 is 9.53 Å².